The van der Waals surface area contributed by atoms with Crippen LogP contribution in [0.2, 0.25) is 5.02 Å². The van der Waals surface area contributed by atoms with Crippen LogP contribution in [0.4, 0.5) is 0 Å². The van der Waals surface area contributed by atoms with E-state index in [0.717, 1.165) is 25.8 Å². The van der Waals surface area contributed by atoms with E-state index in [4.69, 9.17) is 16.9 Å². The van der Waals surface area contributed by atoms with Gasteiger partial charge in [0.05, 0.1) is 15.5 Å². The minimum absolute atomic E-state index is 0. The Kier molecular flexibility index (Phi) is 5.36. The first kappa shape index (κ1) is 17.5. The number of nitrogens with zero attached hydrogens (tertiary/aromatic N) is 2. The fraction of sp³-hybridized carbons (Fsp3) is 0.500. The van der Waals surface area contributed by atoms with Gasteiger partial charge in [0.15, 0.2) is 0 Å². The Bertz CT molecular complexity index is 689. The third kappa shape index (κ3) is 2.97. The van der Waals surface area contributed by atoms with Crippen LogP contribution in [0.1, 0.15) is 24.8 Å². The summed E-state index contributed by atoms with van der Waals surface area (Å²) in [6.45, 7) is 1.53. The monoisotopic (exact) mass is 361 g/mol. The minimum Gasteiger partial charge on any atom is -0.315 e. The third-order valence-corrected chi connectivity index (χ3v) is 6.55. The van der Waals surface area contributed by atoms with Gasteiger partial charge in [-0.1, -0.05) is 11.6 Å². The molecule has 2 fully saturated rings. The summed E-state index contributed by atoms with van der Waals surface area (Å²) in [5.74, 6) is 0. The van der Waals surface area contributed by atoms with Gasteiger partial charge in [0.2, 0.25) is 10.0 Å². The molecule has 5 nitrogen and oxygen atoms in total. The first-order valence-corrected chi connectivity index (χ1v) is 8.80. The van der Waals surface area contributed by atoms with Crippen LogP contribution >= 0.6 is 24.0 Å². The van der Waals surface area contributed by atoms with Crippen molar-refractivity contribution >= 4 is 34.0 Å². The molecule has 2 heterocycles. The maximum absolute atomic E-state index is 12.9. The molecule has 8 heteroatoms. The number of fused-ring (bicyclic) bond motifs is 2. The van der Waals surface area contributed by atoms with E-state index >= 15 is 0 Å². The summed E-state index contributed by atoms with van der Waals surface area (Å²) in [7, 11) is -3.59. The summed E-state index contributed by atoms with van der Waals surface area (Å²) < 4.78 is 27.5. The summed E-state index contributed by atoms with van der Waals surface area (Å²) in [6, 6.07) is 6.32. The van der Waals surface area contributed by atoms with E-state index in [-0.39, 0.29) is 40.0 Å². The van der Waals surface area contributed by atoms with Crippen LogP contribution < -0.4 is 5.32 Å². The second kappa shape index (κ2) is 6.73. The molecule has 2 atom stereocenters. The third-order valence-electron chi connectivity index (χ3n) is 4.22. The van der Waals surface area contributed by atoms with Gasteiger partial charge in [-0.15, -0.1) is 12.4 Å². The lowest BCUT2D eigenvalue weighted by molar-refractivity contribution is 0.334. The first-order chi connectivity index (χ1) is 10.0. The van der Waals surface area contributed by atoms with E-state index in [1.54, 1.807) is 4.31 Å². The summed E-state index contributed by atoms with van der Waals surface area (Å²) in [6.07, 6.45) is 2.62. The van der Waals surface area contributed by atoms with Gasteiger partial charge in [-0.05, 0) is 44.0 Å². The summed E-state index contributed by atoms with van der Waals surface area (Å²) in [5.41, 5.74) is 0.193. The quantitative estimate of drug-likeness (QED) is 0.875. The molecule has 2 aliphatic heterocycles. The van der Waals surface area contributed by atoms with Gasteiger partial charge in [-0.25, -0.2) is 8.42 Å². The Morgan fingerprint density at radius 2 is 2.00 bits per heavy atom. The van der Waals surface area contributed by atoms with Crippen LogP contribution in [0.5, 0.6) is 0 Å². The molecule has 0 saturated carbocycles. The van der Waals surface area contributed by atoms with Crippen molar-refractivity contribution in [1.82, 2.24) is 9.62 Å². The molecule has 120 valence electrons. The highest BCUT2D eigenvalue weighted by atomic mass is 35.5. The molecule has 1 aromatic carbocycles. The van der Waals surface area contributed by atoms with Crippen LogP contribution in [-0.4, -0.2) is 37.9 Å². The smallest absolute Gasteiger partial charge is 0.243 e. The summed E-state index contributed by atoms with van der Waals surface area (Å²) in [5, 5.41) is 12.6. The lowest BCUT2D eigenvalue weighted by atomic mass is 10.1. The fourth-order valence-electron chi connectivity index (χ4n) is 3.20. The molecule has 2 bridgehead atoms. The van der Waals surface area contributed by atoms with Crippen molar-refractivity contribution in [3.05, 3.63) is 28.8 Å². The molecule has 3 rings (SSSR count). The standard InChI is InChI=1S/C14H16ClN3O2S.ClH/c15-14-4-3-13(7-10(14)8-16)21(19,20)18-11-1-2-12(18)9-17-6-5-11;/h3-4,7,11-12,17H,1-2,5-6,9H2;1H. The summed E-state index contributed by atoms with van der Waals surface area (Å²) >= 11 is 5.89. The van der Waals surface area contributed by atoms with Crippen molar-refractivity contribution in [3.63, 3.8) is 0 Å². The lowest BCUT2D eigenvalue weighted by Gasteiger charge is -2.27. The number of nitrogens with one attached hydrogen (secondary N) is 1. The number of nitriles is 1. The lowest BCUT2D eigenvalue weighted by Crippen LogP contribution is -2.42. The SMILES string of the molecule is Cl.N#Cc1cc(S(=O)(=O)N2C3CCNCC2CC3)ccc1Cl. The van der Waals surface area contributed by atoms with Gasteiger partial charge < -0.3 is 5.32 Å². The zero-order valence-corrected chi connectivity index (χ0v) is 14.2. The Balaban J connectivity index is 0.00000176. The van der Waals surface area contributed by atoms with Crippen molar-refractivity contribution in [2.45, 2.75) is 36.2 Å². The first-order valence-electron chi connectivity index (χ1n) is 6.98. The molecule has 2 aliphatic rings. The number of halogens is 2. The fourth-order valence-corrected chi connectivity index (χ4v) is 5.29. The van der Waals surface area contributed by atoms with Crippen LogP contribution in [0.25, 0.3) is 0 Å². The van der Waals surface area contributed by atoms with Crippen LogP contribution in [0.3, 0.4) is 0 Å². The second-order valence-electron chi connectivity index (χ2n) is 5.47. The van der Waals surface area contributed by atoms with E-state index in [0.29, 0.717) is 6.54 Å². The van der Waals surface area contributed by atoms with Crippen molar-refractivity contribution in [3.8, 4) is 6.07 Å². The highest BCUT2D eigenvalue weighted by Crippen LogP contribution is 2.34. The van der Waals surface area contributed by atoms with Crippen molar-refractivity contribution < 1.29 is 8.42 Å². The average Bonchev–Trinajstić information content (AvgIpc) is 2.73. The van der Waals surface area contributed by atoms with Gasteiger partial charge in [0.25, 0.3) is 0 Å². The van der Waals surface area contributed by atoms with Crippen molar-refractivity contribution in [2.24, 2.45) is 0 Å². The molecule has 1 N–H and O–H groups in total. The molecule has 2 unspecified atom stereocenters. The number of hydrogen-bond acceptors (Lipinski definition) is 4. The largest absolute Gasteiger partial charge is 0.315 e. The van der Waals surface area contributed by atoms with E-state index in [1.807, 2.05) is 6.07 Å². The van der Waals surface area contributed by atoms with E-state index in [2.05, 4.69) is 5.32 Å². The molecule has 1 aromatic rings. The highest BCUT2D eigenvalue weighted by molar-refractivity contribution is 7.89. The summed E-state index contributed by atoms with van der Waals surface area (Å²) in [4.78, 5) is 0.155. The van der Waals surface area contributed by atoms with Gasteiger partial charge in [-0.3, -0.25) is 0 Å². The van der Waals surface area contributed by atoms with Gasteiger partial charge in [-0.2, -0.15) is 9.57 Å². The Morgan fingerprint density at radius 3 is 2.73 bits per heavy atom. The molecule has 0 aromatic heterocycles. The second-order valence-corrected chi connectivity index (χ2v) is 7.72. The minimum atomic E-state index is -3.59. The maximum atomic E-state index is 12.9. The van der Waals surface area contributed by atoms with Gasteiger partial charge in [0.1, 0.15) is 6.07 Å². The van der Waals surface area contributed by atoms with E-state index in [1.165, 1.54) is 18.2 Å². The zero-order chi connectivity index (χ0) is 15.0. The van der Waals surface area contributed by atoms with Crippen LogP contribution in [-0.2, 0) is 10.0 Å². The normalized spacial score (nSPS) is 25.1. The van der Waals surface area contributed by atoms with Gasteiger partial charge >= 0.3 is 0 Å². The maximum Gasteiger partial charge on any atom is 0.243 e. The van der Waals surface area contributed by atoms with Crippen LogP contribution in [0, 0.1) is 11.3 Å². The molecule has 22 heavy (non-hydrogen) atoms. The average molecular weight is 362 g/mol. The molecule has 0 spiro atoms. The van der Waals surface area contributed by atoms with Crippen molar-refractivity contribution in [1.29, 1.82) is 5.26 Å². The Morgan fingerprint density at radius 1 is 1.27 bits per heavy atom. The Labute approximate surface area is 141 Å². The van der Waals surface area contributed by atoms with Gasteiger partial charge in [0, 0.05) is 18.6 Å². The zero-order valence-electron chi connectivity index (χ0n) is 11.8. The van der Waals surface area contributed by atoms with E-state index < -0.39 is 10.0 Å². The molecular weight excluding hydrogens is 345 g/mol. The number of benzene rings is 1. The molecule has 0 aliphatic carbocycles. The molecular formula is C14H17Cl2N3O2S. The predicted octanol–water partition coefficient (Wildman–Crippen LogP) is 2.15. The topological polar surface area (TPSA) is 73.2 Å². The number of rotatable bonds is 2. The van der Waals surface area contributed by atoms with Crippen LogP contribution in [0.15, 0.2) is 23.1 Å². The molecule has 0 amide bonds. The van der Waals surface area contributed by atoms with Crippen molar-refractivity contribution in [2.75, 3.05) is 13.1 Å². The Hall–Kier alpha value is -0.840. The predicted molar refractivity (Wildman–Crippen MR) is 86.7 cm³/mol. The number of sulfonamides is 1. The molecule has 0 radical (unpaired) electrons. The molecule has 2 saturated heterocycles. The highest BCUT2D eigenvalue weighted by Gasteiger charge is 2.43. The number of hydrogen-bond donors (Lipinski definition) is 1. The van der Waals surface area contributed by atoms with E-state index in [9.17, 15) is 8.42 Å².